The number of Topliss-reactive ketones (excluding diaryl/α,β-unsaturated/α-hetero) is 1. The summed E-state index contributed by atoms with van der Waals surface area (Å²) in [6.07, 6.45) is -0.000436. The summed E-state index contributed by atoms with van der Waals surface area (Å²) < 4.78 is 16.5. The van der Waals surface area contributed by atoms with Crippen molar-refractivity contribution in [3.63, 3.8) is 0 Å². The van der Waals surface area contributed by atoms with Gasteiger partial charge in [-0.05, 0) is 5.56 Å². The first-order chi connectivity index (χ1) is 7.46. The van der Waals surface area contributed by atoms with Gasteiger partial charge >= 0.3 is 0 Å². The minimum Gasteiger partial charge on any atom is -0.332 e. The number of rotatable bonds is 5. The van der Waals surface area contributed by atoms with E-state index in [1.807, 2.05) is 37.3 Å². The van der Waals surface area contributed by atoms with Crippen molar-refractivity contribution in [1.29, 1.82) is 0 Å². The Kier molecular flexibility index (Phi) is 4.45. The number of hydrogen-bond donors (Lipinski definition) is 0. The summed E-state index contributed by atoms with van der Waals surface area (Å²) in [4.78, 5) is 11.9. The van der Waals surface area contributed by atoms with Crippen molar-refractivity contribution >= 4 is 13.2 Å². The average Bonchev–Trinajstić information content (AvgIpc) is 2.28. The van der Waals surface area contributed by atoms with Crippen molar-refractivity contribution in [2.75, 3.05) is 19.9 Å². The van der Waals surface area contributed by atoms with Crippen molar-refractivity contribution in [1.82, 2.24) is 0 Å². The SMILES string of the molecule is COP(C)(=O)CC(=O)[C@@H](C)c1ccccc1. The third kappa shape index (κ3) is 3.58. The van der Waals surface area contributed by atoms with Crippen LogP contribution in [-0.2, 0) is 13.9 Å². The molecule has 4 heteroatoms. The summed E-state index contributed by atoms with van der Waals surface area (Å²) in [5.41, 5.74) is 0.948. The second-order valence-corrected chi connectivity index (χ2v) is 6.66. The van der Waals surface area contributed by atoms with E-state index in [2.05, 4.69) is 0 Å². The fourth-order valence-corrected chi connectivity index (χ4v) is 2.38. The molecule has 88 valence electrons. The van der Waals surface area contributed by atoms with E-state index >= 15 is 0 Å². The molecule has 0 aliphatic carbocycles. The predicted octanol–water partition coefficient (Wildman–Crippen LogP) is 2.91. The summed E-state index contributed by atoms with van der Waals surface area (Å²) in [5.74, 6) is -0.275. The third-order valence-corrected chi connectivity index (χ3v) is 4.27. The second-order valence-electron chi connectivity index (χ2n) is 3.95. The molecule has 0 aromatic heterocycles. The molecule has 0 aliphatic rings. The summed E-state index contributed by atoms with van der Waals surface area (Å²) >= 11 is 0. The Morgan fingerprint density at radius 1 is 1.38 bits per heavy atom. The molecule has 1 unspecified atom stereocenters. The first-order valence-electron chi connectivity index (χ1n) is 5.16. The molecular weight excluding hydrogens is 223 g/mol. The van der Waals surface area contributed by atoms with Crippen LogP contribution >= 0.6 is 7.37 Å². The van der Waals surface area contributed by atoms with Crippen LogP contribution in [0.2, 0.25) is 0 Å². The van der Waals surface area contributed by atoms with Crippen LogP contribution in [0.1, 0.15) is 18.4 Å². The largest absolute Gasteiger partial charge is 0.332 e. The molecule has 1 aromatic rings. The number of ketones is 1. The van der Waals surface area contributed by atoms with Crippen LogP contribution in [0.25, 0.3) is 0 Å². The highest BCUT2D eigenvalue weighted by atomic mass is 31.2. The van der Waals surface area contributed by atoms with Gasteiger partial charge in [-0.3, -0.25) is 9.36 Å². The van der Waals surface area contributed by atoms with Gasteiger partial charge in [-0.15, -0.1) is 0 Å². The molecular formula is C12H17O3P. The van der Waals surface area contributed by atoms with Gasteiger partial charge in [0.05, 0.1) is 6.16 Å². The van der Waals surface area contributed by atoms with Gasteiger partial charge in [0.2, 0.25) is 7.37 Å². The van der Waals surface area contributed by atoms with Gasteiger partial charge in [0.25, 0.3) is 0 Å². The third-order valence-electron chi connectivity index (χ3n) is 2.61. The average molecular weight is 240 g/mol. The van der Waals surface area contributed by atoms with Gasteiger partial charge in [-0.25, -0.2) is 0 Å². The van der Waals surface area contributed by atoms with Gasteiger partial charge in [-0.1, -0.05) is 37.3 Å². The van der Waals surface area contributed by atoms with E-state index in [-0.39, 0.29) is 17.9 Å². The molecule has 1 rings (SSSR count). The Morgan fingerprint density at radius 3 is 2.44 bits per heavy atom. The van der Waals surface area contributed by atoms with Gasteiger partial charge in [-0.2, -0.15) is 0 Å². The Morgan fingerprint density at radius 2 is 1.94 bits per heavy atom. The zero-order chi connectivity index (χ0) is 12.2. The van der Waals surface area contributed by atoms with E-state index in [4.69, 9.17) is 4.52 Å². The molecule has 0 saturated carbocycles. The highest BCUT2D eigenvalue weighted by Gasteiger charge is 2.23. The summed E-state index contributed by atoms with van der Waals surface area (Å²) in [6.45, 7) is 3.32. The molecule has 0 amide bonds. The van der Waals surface area contributed by atoms with Crippen molar-refractivity contribution in [2.24, 2.45) is 0 Å². The van der Waals surface area contributed by atoms with Crippen molar-refractivity contribution < 1.29 is 13.9 Å². The number of carbonyl (C=O) groups is 1. The van der Waals surface area contributed by atoms with E-state index in [9.17, 15) is 9.36 Å². The van der Waals surface area contributed by atoms with Crippen LogP contribution in [0, 0.1) is 0 Å². The van der Waals surface area contributed by atoms with E-state index in [1.165, 1.54) is 13.8 Å². The highest BCUT2D eigenvalue weighted by Crippen LogP contribution is 2.42. The zero-order valence-electron chi connectivity index (χ0n) is 9.84. The monoisotopic (exact) mass is 240 g/mol. The maximum absolute atomic E-state index is 11.9. The van der Waals surface area contributed by atoms with Crippen molar-refractivity contribution in [3.05, 3.63) is 35.9 Å². The van der Waals surface area contributed by atoms with Crippen LogP contribution in [-0.4, -0.2) is 25.7 Å². The maximum atomic E-state index is 11.9. The van der Waals surface area contributed by atoms with Crippen molar-refractivity contribution in [2.45, 2.75) is 12.8 Å². The fraction of sp³-hybridized carbons (Fsp3) is 0.417. The quantitative estimate of drug-likeness (QED) is 0.743. The first-order valence-corrected chi connectivity index (χ1v) is 7.42. The summed E-state index contributed by atoms with van der Waals surface area (Å²) in [7, 11) is -1.38. The highest BCUT2D eigenvalue weighted by molar-refractivity contribution is 7.59. The number of carbonyl (C=O) groups excluding carboxylic acids is 1. The van der Waals surface area contributed by atoms with Gasteiger partial charge in [0.15, 0.2) is 0 Å². The van der Waals surface area contributed by atoms with Crippen LogP contribution in [0.5, 0.6) is 0 Å². The molecule has 0 fully saturated rings. The molecule has 0 spiro atoms. The Balaban J connectivity index is 2.73. The molecule has 2 atom stereocenters. The topological polar surface area (TPSA) is 43.4 Å². The molecule has 16 heavy (non-hydrogen) atoms. The molecule has 0 bridgehead atoms. The Bertz CT molecular complexity index is 400. The molecule has 0 saturated heterocycles. The molecule has 0 aliphatic heterocycles. The fourth-order valence-electron chi connectivity index (χ4n) is 1.41. The van der Waals surface area contributed by atoms with Crippen LogP contribution in [0.15, 0.2) is 30.3 Å². The Labute approximate surface area is 96.3 Å². The number of hydrogen-bond acceptors (Lipinski definition) is 3. The maximum Gasteiger partial charge on any atom is 0.207 e. The molecule has 0 N–H and O–H groups in total. The summed E-state index contributed by atoms with van der Waals surface area (Å²) in [6, 6.07) is 9.48. The number of benzene rings is 1. The van der Waals surface area contributed by atoms with Gasteiger partial charge in [0, 0.05) is 19.7 Å². The molecule has 3 nitrogen and oxygen atoms in total. The lowest BCUT2D eigenvalue weighted by Crippen LogP contribution is -2.14. The van der Waals surface area contributed by atoms with Crippen molar-refractivity contribution in [3.8, 4) is 0 Å². The van der Waals surface area contributed by atoms with Crippen LogP contribution < -0.4 is 0 Å². The van der Waals surface area contributed by atoms with E-state index in [1.54, 1.807) is 0 Å². The van der Waals surface area contributed by atoms with Crippen LogP contribution in [0.4, 0.5) is 0 Å². The molecule has 0 radical (unpaired) electrons. The van der Waals surface area contributed by atoms with Gasteiger partial charge in [0.1, 0.15) is 5.78 Å². The zero-order valence-corrected chi connectivity index (χ0v) is 10.7. The lowest BCUT2D eigenvalue weighted by Gasteiger charge is -2.14. The standard InChI is InChI=1S/C12H17O3P/c1-10(11-7-5-4-6-8-11)12(13)9-16(3,14)15-2/h4-8,10H,9H2,1-3H3/t10-,16?/m0/s1. The minimum atomic E-state index is -2.75. The Hall–Kier alpha value is -0.920. The lowest BCUT2D eigenvalue weighted by atomic mass is 9.98. The molecule has 1 aromatic carbocycles. The minimum absolute atomic E-state index is 0.000436. The lowest BCUT2D eigenvalue weighted by molar-refractivity contribution is -0.117. The van der Waals surface area contributed by atoms with E-state index in [0.29, 0.717) is 0 Å². The second kappa shape index (κ2) is 5.42. The van der Waals surface area contributed by atoms with E-state index < -0.39 is 7.37 Å². The molecule has 0 heterocycles. The normalized spacial score (nSPS) is 16.4. The van der Waals surface area contributed by atoms with E-state index in [0.717, 1.165) is 5.56 Å². The first kappa shape index (κ1) is 13.1. The summed E-state index contributed by atoms with van der Waals surface area (Å²) in [5, 5.41) is 0. The van der Waals surface area contributed by atoms with Gasteiger partial charge < -0.3 is 4.52 Å². The predicted molar refractivity (Wildman–Crippen MR) is 65.3 cm³/mol. The van der Waals surface area contributed by atoms with Crippen LogP contribution in [0.3, 0.4) is 0 Å². The smallest absolute Gasteiger partial charge is 0.207 e.